The normalized spacial score (nSPS) is 11.4. The third kappa shape index (κ3) is 1.89. The minimum atomic E-state index is -0.237. The van der Waals surface area contributed by atoms with E-state index in [1.807, 2.05) is 18.0 Å². The fraction of sp³-hybridized carbons (Fsp3) is 0.500. The van der Waals surface area contributed by atoms with Gasteiger partial charge in [-0.2, -0.15) is 0 Å². The number of anilines is 2. The van der Waals surface area contributed by atoms with Gasteiger partial charge in [0.05, 0.1) is 5.69 Å². The topological polar surface area (TPSA) is 62.1 Å². The SMILES string of the molecule is CN(c1cc[nH]c(=O)c1N)C(C)(C)C. The maximum atomic E-state index is 11.3. The largest absolute Gasteiger partial charge is 0.393 e. The van der Waals surface area contributed by atoms with Crippen LogP contribution in [0.5, 0.6) is 0 Å². The second-order valence-electron chi connectivity index (χ2n) is 4.34. The van der Waals surface area contributed by atoms with Gasteiger partial charge in [0.25, 0.3) is 5.56 Å². The quantitative estimate of drug-likeness (QED) is 0.707. The standard InChI is InChI=1S/C10H17N3O/c1-10(2,3)13(4)7-5-6-12-9(14)8(7)11/h5-6H,11H2,1-4H3,(H,12,14). The number of rotatable bonds is 1. The minimum Gasteiger partial charge on any atom is -0.393 e. The van der Waals surface area contributed by atoms with Crippen LogP contribution in [0.4, 0.5) is 11.4 Å². The molecule has 0 aliphatic heterocycles. The van der Waals surface area contributed by atoms with Crippen LogP contribution >= 0.6 is 0 Å². The van der Waals surface area contributed by atoms with Crippen molar-refractivity contribution in [3.05, 3.63) is 22.6 Å². The van der Waals surface area contributed by atoms with Crippen LogP contribution in [0.2, 0.25) is 0 Å². The summed E-state index contributed by atoms with van der Waals surface area (Å²) in [4.78, 5) is 15.8. The number of hydrogen-bond acceptors (Lipinski definition) is 3. The molecule has 14 heavy (non-hydrogen) atoms. The van der Waals surface area contributed by atoms with Gasteiger partial charge in [-0.1, -0.05) is 0 Å². The molecule has 4 heteroatoms. The van der Waals surface area contributed by atoms with Gasteiger partial charge in [-0.3, -0.25) is 4.79 Å². The molecule has 0 saturated heterocycles. The van der Waals surface area contributed by atoms with Gasteiger partial charge in [0.15, 0.2) is 0 Å². The number of nitrogens with one attached hydrogen (secondary N) is 1. The van der Waals surface area contributed by atoms with Crippen molar-refractivity contribution in [3.63, 3.8) is 0 Å². The third-order valence-electron chi connectivity index (χ3n) is 2.34. The van der Waals surface area contributed by atoms with E-state index in [0.29, 0.717) is 0 Å². The minimum absolute atomic E-state index is 0.0537. The lowest BCUT2D eigenvalue weighted by atomic mass is 10.1. The van der Waals surface area contributed by atoms with Crippen molar-refractivity contribution in [2.75, 3.05) is 17.7 Å². The van der Waals surface area contributed by atoms with E-state index in [0.717, 1.165) is 5.69 Å². The Morgan fingerprint density at radius 1 is 1.43 bits per heavy atom. The van der Waals surface area contributed by atoms with Gasteiger partial charge in [0.1, 0.15) is 5.69 Å². The van der Waals surface area contributed by atoms with Crippen LogP contribution in [0, 0.1) is 0 Å². The first-order chi connectivity index (χ1) is 6.34. The Bertz CT molecular complexity index is 376. The summed E-state index contributed by atoms with van der Waals surface area (Å²) in [7, 11) is 1.92. The molecule has 3 N–H and O–H groups in total. The van der Waals surface area contributed by atoms with E-state index in [4.69, 9.17) is 5.73 Å². The molecular formula is C10H17N3O. The lowest BCUT2D eigenvalue weighted by Crippen LogP contribution is -2.39. The van der Waals surface area contributed by atoms with E-state index in [1.54, 1.807) is 6.20 Å². The number of hydrogen-bond donors (Lipinski definition) is 2. The van der Waals surface area contributed by atoms with Crippen LogP contribution in [-0.4, -0.2) is 17.6 Å². The highest BCUT2D eigenvalue weighted by Crippen LogP contribution is 2.24. The van der Waals surface area contributed by atoms with E-state index in [9.17, 15) is 4.79 Å². The maximum Gasteiger partial charge on any atom is 0.273 e. The van der Waals surface area contributed by atoms with Gasteiger partial charge in [0, 0.05) is 18.8 Å². The lowest BCUT2D eigenvalue weighted by Gasteiger charge is -2.34. The predicted molar refractivity (Wildman–Crippen MR) is 59.6 cm³/mol. The number of pyridine rings is 1. The Morgan fingerprint density at radius 2 is 2.00 bits per heavy atom. The monoisotopic (exact) mass is 195 g/mol. The predicted octanol–water partition coefficient (Wildman–Crippen LogP) is 1.19. The molecule has 0 saturated carbocycles. The molecule has 0 atom stereocenters. The van der Waals surface area contributed by atoms with Gasteiger partial charge in [0.2, 0.25) is 0 Å². The Morgan fingerprint density at radius 3 is 2.50 bits per heavy atom. The number of aromatic amines is 1. The molecule has 1 aromatic heterocycles. The van der Waals surface area contributed by atoms with Gasteiger partial charge in [-0.15, -0.1) is 0 Å². The molecule has 0 aliphatic rings. The molecule has 4 nitrogen and oxygen atoms in total. The summed E-state index contributed by atoms with van der Waals surface area (Å²) in [6.45, 7) is 6.19. The Balaban J connectivity index is 3.21. The number of H-pyrrole nitrogens is 1. The number of nitrogen functional groups attached to an aromatic ring is 1. The highest BCUT2D eigenvalue weighted by atomic mass is 16.1. The summed E-state index contributed by atoms with van der Waals surface area (Å²) in [6.07, 6.45) is 1.61. The van der Waals surface area contributed by atoms with E-state index in [-0.39, 0.29) is 16.8 Å². The van der Waals surface area contributed by atoms with Crippen molar-refractivity contribution >= 4 is 11.4 Å². The zero-order valence-corrected chi connectivity index (χ0v) is 9.09. The summed E-state index contributed by atoms with van der Waals surface area (Å²) >= 11 is 0. The van der Waals surface area contributed by atoms with Crippen molar-refractivity contribution < 1.29 is 0 Å². The van der Waals surface area contributed by atoms with E-state index in [1.165, 1.54) is 0 Å². The van der Waals surface area contributed by atoms with Crippen LogP contribution < -0.4 is 16.2 Å². The average molecular weight is 195 g/mol. The van der Waals surface area contributed by atoms with Gasteiger partial charge >= 0.3 is 0 Å². The average Bonchev–Trinajstić information content (AvgIpc) is 2.07. The van der Waals surface area contributed by atoms with Crippen molar-refractivity contribution in [2.24, 2.45) is 0 Å². The van der Waals surface area contributed by atoms with Gasteiger partial charge in [-0.25, -0.2) is 0 Å². The Kier molecular flexibility index (Phi) is 2.55. The molecule has 0 radical (unpaired) electrons. The zero-order chi connectivity index (χ0) is 10.9. The van der Waals surface area contributed by atoms with Crippen molar-refractivity contribution in [1.29, 1.82) is 0 Å². The molecule has 1 heterocycles. The molecular weight excluding hydrogens is 178 g/mol. The Labute approximate surface area is 83.7 Å². The molecule has 0 spiro atoms. The molecule has 0 unspecified atom stereocenters. The fourth-order valence-corrected chi connectivity index (χ4v) is 1.13. The molecule has 0 aliphatic carbocycles. The fourth-order valence-electron chi connectivity index (χ4n) is 1.13. The molecule has 1 rings (SSSR count). The zero-order valence-electron chi connectivity index (χ0n) is 9.09. The van der Waals surface area contributed by atoms with Gasteiger partial charge in [-0.05, 0) is 26.8 Å². The summed E-state index contributed by atoms with van der Waals surface area (Å²) in [6, 6.07) is 1.81. The second kappa shape index (κ2) is 3.36. The molecule has 0 bridgehead atoms. The molecule has 0 amide bonds. The second-order valence-corrected chi connectivity index (χ2v) is 4.34. The lowest BCUT2D eigenvalue weighted by molar-refractivity contribution is 0.539. The molecule has 1 aromatic rings. The van der Waals surface area contributed by atoms with Crippen LogP contribution in [0.1, 0.15) is 20.8 Å². The van der Waals surface area contributed by atoms with Crippen LogP contribution in [0.25, 0.3) is 0 Å². The third-order valence-corrected chi connectivity index (χ3v) is 2.34. The van der Waals surface area contributed by atoms with Crippen LogP contribution in [0.3, 0.4) is 0 Å². The highest BCUT2D eigenvalue weighted by molar-refractivity contribution is 5.66. The Hall–Kier alpha value is -1.45. The smallest absolute Gasteiger partial charge is 0.273 e. The molecule has 0 fully saturated rings. The number of nitrogens with two attached hydrogens (primary N) is 1. The summed E-state index contributed by atoms with van der Waals surface area (Å²) in [5.74, 6) is 0. The summed E-state index contributed by atoms with van der Waals surface area (Å²) in [5.41, 5.74) is 6.44. The maximum absolute atomic E-state index is 11.3. The number of nitrogens with zero attached hydrogens (tertiary/aromatic N) is 1. The highest BCUT2D eigenvalue weighted by Gasteiger charge is 2.19. The first kappa shape index (κ1) is 10.6. The first-order valence-corrected chi connectivity index (χ1v) is 4.55. The van der Waals surface area contributed by atoms with Crippen molar-refractivity contribution in [2.45, 2.75) is 26.3 Å². The van der Waals surface area contributed by atoms with E-state index >= 15 is 0 Å². The molecule has 0 aromatic carbocycles. The van der Waals surface area contributed by atoms with E-state index < -0.39 is 0 Å². The summed E-state index contributed by atoms with van der Waals surface area (Å²) < 4.78 is 0. The van der Waals surface area contributed by atoms with Gasteiger partial charge < -0.3 is 15.6 Å². The van der Waals surface area contributed by atoms with Crippen molar-refractivity contribution in [3.8, 4) is 0 Å². The van der Waals surface area contributed by atoms with E-state index in [2.05, 4.69) is 25.8 Å². The van der Waals surface area contributed by atoms with Crippen LogP contribution in [-0.2, 0) is 0 Å². The number of aromatic nitrogens is 1. The molecule has 78 valence electrons. The first-order valence-electron chi connectivity index (χ1n) is 4.55. The van der Waals surface area contributed by atoms with Crippen LogP contribution in [0.15, 0.2) is 17.1 Å². The summed E-state index contributed by atoms with van der Waals surface area (Å²) in [5, 5.41) is 0. The van der Waals surface area contributed by atoms with Crippen molar-refractivity contribution in [1.82, 2.24) is 4.98 Å².